The van der Waals surface area contributed by atoms with Crippen molar-refractivity contribution in [3.63, 3.8) is 0 Å². The van der Waals surface area contributed by atoms with Gasteiger partial charge in [-0.05, 0) is 36.8 Å². The van der Waals surface area contributed by atoms with Gasteiger partial charge in [-0.15, -0.1) is 11.3 Å². The van der Waals surface area contributed by atoms with Crippen molar-refractivity contribution in [1.29, 1.82) is 0 Å². The fourth-order valence-corrected chi connectivity index (χ4v) is 2.62. The molecule has 0 aliphatic rings. The Hall–Kier alpha value is -1.87. The van der Waals surface area contributed by atoms with Gasteiger partial charge in [0.15, 0.2) is 5.78 Å². The van der Waals surface area contributed by atoms with Gasteiger partial charge in [0.25, 0.3) is 0 Å². The molecule has 0 atom stereocenters. The summed E-state index contributed by atoms with van der Waals surface area (Å²) in [5.74, 6) is 0.808. The number of rotatable bonds is 5. The Labute approximate surface area is 117 Å². The second kappa shape index (κ2) is 6.34. The summed E-state index contributed by atoms with van der Waals surface area (Å²) in [4.78, 5) is 14.0. The predicted octanol–water partition coefficient (Wildman–Crippen LogP) is 4.22. The van der Waals surface area contributed by atoms with Crippen LogP contribution in [0.15, 0.2) is 42.5 Å². The molecule has 3 heteroatoms. The zero-order valence-electron chi connectivity index (χ0n) is 11.1. The van der Waals surface area contributed by atoms with Crippen LogP contribution in [0.3, 0.4) is 0 Å². The molecule has 0 unspecified atom stereocenters. The van der Waals surface area contributed by atoms with Gasteiger partial charge in [-0.3, -0.25) is 4.79 Å². The third-order valence-electron chi connectivity index (χ3n) is 2.81. The van der Waals surface area contributed by atoms with Gasteiger partial charge < -0.3 is 4.74 Å². The first-order valence-electron chi connectivity index (χ1n) is 6.18. The van der Waals surface area contributed by atoms with E-state index >= 15 is 0 Å². The molecule has 0 radical (unpaired) electrons. The van der Waals surface area contributed by atoms with Crippen LogP contribution < -0.4 is 4.74 Å². The maximum absolute atomic E-state index is 12.0. The molecular weight excluding hydrogens is 256 g/mol. The van der Waals surface area contributed by atoms with Crippen molar-refractivity contribution in [2.24, 2.45) is 0 Å². The van der Waals surface area contributed by atoms with Crippen LogP contribution in [0.25, 0.3) is 6.08 Å². The third-order valence-corrected chi connectivity index (χ3v) is 4.05. The van der Waals surface area contributed by atoms with E-state index < -0.39 is 0 Å². The van der Waals surface area contributed by atoms with E-state index in [-0.39, 0.29) is 5.78 Å². The van der Waals surface area contributed by atoms with Gasteiger partial charge >= 0.3 is 0 Å². The molecule has 0 spiro atoms. The Balaban J connectivity index is 2.15. The molecular formula is C16H16O2S. The van der Waals surface area contributed by atoms with Crippen LogP contribution in [0.2, 0.25) is 0 Å². The van der Waals surface area contributed by atoms with Gasteiger partial charge in [-0.1, -0.05) is 25.1 Å². The van der Waals surface area contributed by atoms with Crippen molar-refractivity contribution in [1.82, 2.24) is 0 Å². The van der Waals surface area contributed by atoms with Crippen molar-refractivity contribution in [2.75, 3.05) is 7.11 Å². The molecule has 0 N–H and O–H groups in total. The SMILES string of the molecule is CCc1ccc(C(=O)/C=C/c2ccccc2OC)s1. The van der Waals surface area contributed by atoms with Crippen LogP contribution >= 0.6 is 11.3 Å². The van der Waals surface area contributed by atoms with Gasteiger partial charge in [0, 0.05) is 10.4 Å². The molecule has 0 aliphatic heterocycles. The molecule has 0 fully saturated rings. The van der Waals surface area contributed by atoms with Crippen molar-refractivity contribution in [3.8, 4) is 5.75 Å². The number of hydrogen-bond acceptors (Lipinski definition) is 3. The number of ketones is 1. The van der Waals surface area contributed by atoms with Gasteiger partial charge in [0.05, 0.1) is 12.0 Å². The van der Waals surface area contributed by atoms with Gasteiger partial charge in [0.2, 0.25) is 0 Å². The number of allylic oxidation sites excluding steroid dienone is 1. The molecule has 2 aromatic rings. The maximum Gasteiger partial charge on any atom is 0.195 e. The van der Waals surface area contributed by atoms with E-state index in [1.165, 1.54) is 4.88 Å². The maximum atomic E-state index is 12.0. The van der Waals surface area contributed by atoms with E-state index in [1.54, 1.807) is 30.6 Å². The van der Waals surface area contributed by atoms with E-state index in [9.17, 15) is 4.79 Å². The molecule has 1 heterocycles. The normalized spacial score (nSPS) is 10.8. The summed E-state index contributed by atoms with van der Waals surface area (Å²) in [7, 11) is 1.63. The summed E-state index contributed by atoms with van der Waals surface area (Å²) < 4.78 is 5.24. The number of ether oxygens (including phenoxy) is 1. The van der Waals surface area contributed by atoms with Crippen LogP contribution in [0, 0.1) is 0 Å². The fourth-order valence-electron chi connectivity index (χ4n) is 1.75. The van der Waals surface area contributed by atoms with E-state index in [0.717, 1.165) is 22.6 Å². The number of aryl methyl sites for hydroxylation is 1. The Bertz CT molecular complexity index is 596. The lowest BCUT2D eigenvalue weighted by atomic mass is 10.1. The average Bonchev–Trinajstić information content (AvgIpc) is 2.94. The van der Waals surface area contributed by atoms with Crippen molar-refractivity contribution >= 4 is 23.2 Å². The summed E-state index contributed by atoms with van der Waals surface area (Å²) in [5.41, 5.74) is 0.908. The summed E-state index contributed by atoms with van der Waals surface area (Å²) in [6, 6.07) is 11.5. The molecule has 98 valence electrons. The fraction of sp³-hybridized carbons (Fsp3) is 0.188. The minimum absolute atomic E-state index is 0.0376. The monoisotopic (exact) mass is 272 g/mol. The van der Waals surface area contributed by atoms with E-state index in [1.807, 2.05) is 36.4 Å². The Morgan fingerprint density at radius 2 is 2.05 bits per heavy atom. The number of benzene rings is 1. The second-order valence-corrected chi connectivity index (χ2v) is 5.23. The van der Waals surface area contributed by atoms with Crippen molar-refractivity contribution in [3.05, 3.63) is 57.8 Å². The minimum atomic E-state index is 0.0376. The summed E-state index contributed by atoms with van der Waals surface area (Å²) in [6.45, 7) is 2.09. The summed E-state index contributed by atoms with van der Waals surface area (Å²) >= 11 is 1.55. The van der Waals surface area contributed by atoms with Crippen molar-refractivity contribution < 1.29 is 9.53 Å². The van der Waals surface area contributed by atoms with Gasteiger partial charge in [-0.25, -0.2) is 0 Å². The van der Waals surface area contributed by atoms with E-state index in [2.05, 4.69) is 6.92 Å². The van der Waals surface area contributed by atoms with Gasteiger partial charge in [-0.2, -0.15) is 0 Å². The highest BCUT2D eigenvalue weighted by atomic mass is 32.1. The minimum Gasteiger partial charge on any atom is -0.496 e. The van der Waals surface area contributed by atoms with Crippen LogP contribution in [0.1, 0.15) is 27.0 Å². The molecule has 0 saturated heterocycles. The molecule has 1 aromatic carbocycles. The Morgan fingerprint density at radius 1 is 1.26 bits per heavy atom. The second-order valence-electron chi connectivity index (χ2n) is 4.06. The standard InChI is InChI=1S/C16H16O2S/c1-3-13-9-11-16(19-13)14(17)10-8-12-6-4-5-7-15(12)18-2/h4-11H,3H2,1-2H3/b10-8+. The molecule has 0 saturated carbocycles. The number of thiophene rings is 1. The molecule has 0 bridgehead atoms. The molecule has 2 nitrogen and oxygen atoms in total. The van der Waals surface area contributed by atoms with Crippen LogP contribution in [-0.2, 0) is 6.42 Å². The molecule has 19 heavy (non-hydrogen) atoms. The predicted molar refractivity (Wildman–Crippen MR) is 80.1 cm³/mol. The number of methoxy groups -OCH3 is 1. The molecule has 2 rings (SSSR count). The Morgan fingerprint density at radius 3 is 2.74 bits per heavy atom. The van der Waals surface area contributed by atoms with Crippen molar-refractivity contribution in [2.45, 2.75) is 13.3 Å². The first kappa shape index (κ1) is 13.6. The first-order valence-corrected chi connectivity index (χ1v) is 7.00. The van der Waals surface area contributed by atoms with Crippen LogP contribution in [0.4, 0.5) is 0 Å². The average molecular weight is 272 g/mol. The number of carbonyl (C=O) groups is 1. The molecule has 1 aromatic heterocycles. The quantitative estimate of drug-likeness (QED) is 0.602. The number of hydrogen-bond donors (Lipinski definition) is 0. The topological polar surface area (TPSA) is 26.3 Å². The zero-order valence-corrected chi connectivity index (χ0v) is 11.9. The third kappa shape index (κ3) is 3.32. The summed E-state index contributed by atoms with van der Waals surface area (Å²) in [5, 5.41) is 0. The van der Waals surface area contributed by atoms with Gasteiger partial charge in [0.1, 0.15) is 5.75 Å². The lowest BCUT2D eigenvalue weighted by Gasteiger charge is -2.02. The largest absolute Gasteiger partial charge is 0.496 e. The van der Waals surface area contributed by atoms with E-state index in [0.29, 0.717) is 0 Å². The van der Waals surface area contributed by atoms with Crippen LogP contribution in [-0.4, -0.2) is 12.9 Å². The highest BCUT2D eigenvalue weighted by molar-refractivity contribution is 7.14. The smallest absolute Gasteiger partial charge is 0.195 e. The lowest BCUT2D eigenvalue weighted by Crippen LogP contribution is -1.90. The van der Waals surface area contributed by atoms with Crippen LogP contribution in [0.5, 0.6) is 5.75 Å². The molecule has 0 aliphatic carbocycles. The lowest BCUT2D eigenvalue weighted by molar-refractivity contribution is 0.105. The van der Waals surface area contributed by atoms with E-state index in [4.69, 9.17) is 4.74 Å². The number of carbonyl (C=O) groups excluding carboxylic acids is 1. The Kier molecular flexibility index (Phi) is 4.53. The highest BCUT2D eigenvalue weighted by Crippen LogP contribution is 2.21. The first-order chi connectivity index (χ1) is 9.24. The zero-order chi connectivity index (χ0) is 13.7. The number of para-hydroxylation sites is 1. The summed E-state index contributed by atoms with van der Waals surface area (Å²) in [6.07, 6.45) is 4.36. The highest BCUT2D eigenvalue weighted by Gasteiger charge is 2.05. The molecule has 0 amide bonds.